The fraction of sp³-hybridized carbons (Fsp3) is 0.750. The maximum absolute atomic E-state index is 13.0. The van der Waals surface area contributed by atoms with Gasteiger partial charge in [-0.2, -0.15) is 4.98 Å². The Morgan fingerprint density at radius 2 is 1.90 bits per heavy atom. The summed E-state index contributed by atoms with van der Waals surface area (Å²) in [6.07, 6.45) is 7.43. The van der Waals surface area contributed by atoms with Crippen LogP contribution < -0.4 is 10.6 Å². The largest absolute Gasteiger partial charge is 0.342 e. The molecule has 4 amide bonds. The zero-order valence-corrected chi connectivity index (χ0v) is 17.1. The molecule has 2 N–H and O–H groups in total. The van der Waals surface area contributed by atoms with Gasteiger partial charge in [0.05, 0.1) is 0 Å². The second-order valence-corrected chi connectivity index (χ2v) is 8.91. The third kappa shape index (κ3) is 3.62. The van der Waals surface area contributed by atoms with Gasteiger partial charge in [0.2, 0.25) is 11.8 Å². The number of amides is 4. The number of carbonyl (C=O) groups excluding carboxylic acids is 3. The minimum Gasteiger partial charge on any atom is -0.342 e. The topological polar surface area (TPSA) is 117 Å². The average molecular weight is 403 g/mol. The van der Waals surface area contributed by atoms with Crippen molar-refractivity contribution in [3.63, 3.8) is 0 Å². The van der Waals surface area contributed by atoms with Gasteiger partial charge in [0.25, 0.3) is 5.91 Å². The summed E-state index contributed by atoms with van der Waals surface area (Å²) in [6.45, 7) is 3.58. The third-order valence-electron chi connectivity index (χ3n) is 6.72. The van der Waals surface area contributed by atoms with Crippen molar-refractivity contribution in [2.45, 2.75) is 82.7 Å². The number of urea groups is 1. The van der Waals surface area contributed by atoms with Gasteiger partial charge in [-0.05, 0) is 44.4 Å². The van der Waals surface area contributed by atoms with Gasteiger partial charge in [-0.15, -0.1) is 0 Å². The van der Waals surface area contributed by atoms with Gasteiger partial charge in [0, 0.05) is 6.92 Å². The highest BCUT2D eigenvalue weighted by atomic mass is 16.5. The van der Waals surface area contributed by atoms with Crippen LogP contribution in [0.2, 0.25) is 0 Å². The van der Waals surface area contributed by atoms with Crippen LogP contribution in [0, 0.1) is 12.8 Å². The smallest absolute Gasteiger partial charge is 0.325 e. The van der Waals surface area contributed by atoms with E-state index < -0.39 is 17.1 Å². The Labute approximate surface area is 170 Å². The second-order valence-electron chi connectivity index (χ2n) is 8.91. The van der Waals surface area contributed by atoms with Gasteiger partial charge in [0.15, 0.2) is 5.82 Å². The van der Waals surface area contributed by atoms with Crippen LogP contribution in [0.5, 0.6) is 0 Å². The molecular formula is C20H29N5O4. The molecule has 2 heterocycles. The number of imide groups is 1. The van der Waals surface area contributed by atoms with E-state index in [4.69, 9.17) is 4.52 Å². The lowest BCUT2D eigenvalue weighted by Crippen LogP contribution is -2.52. The summed E-state index contributed by atoms with van der Waals surface area (Å²) in [5, 5.41) is 9.93. The molecule has 1 spiro atoms. The molecule has 4 rings (SSSR count). The average Bonchev–Trinajstić information content (AvgIpc) is 3.23. The van der Waals surface area contributed by atoms with Crippen molar-refractivity contribution in [1.29, 1.82) is 0 Å². The van der Waals surface area contributed by atoms with Crippen LogP contribution in [0.1, 0.15) is 76.4 Å². The molecule has 3 fully saturated rings. The van der Waals surface area contributed by atoms with Crippen molar-refractivity contribution >= 4 is 17.8 Å². The van der Waals surface area contributed by atoms with Crippen LogP contribution in [-0.4, -0.2) is 45.0 Å². The Balaban J connectivity index is 1.47. The molecule has 0 radical (unpaired) electrons. The molecule has 9 nitrogen and oxygen atoms in total. The summed E-state index contributed by atoms with van der Waals surface area (Å²) in [5.41, 5.74) is -1.54. The predicted molar refractivity (Wildman–Crippen MR) is 103 cm³/mol. The molecule has 29 heavy (non-hydrogen) atoms. The number of hydrogen-bond donors (Lipinski definition) is 2. The van der Waals surface area contributed by atoms with E-state index in [0.29, 0.717) is 43.3 Å². The lowest BCUT2D eigenvalue weighted by Gasteiger charge is -2.36. The first-order chi connectivity index (χ1) is 13.8. The van der Waals surface area contributed by atoms with Crippen molar-refractivity contribution in [3.05, 3.63) is 11.7 Å². The Kier molecular flexibility index (Phi) is 5.08. The summed E-state index contributed by atoms with van der Waals surface area (Å²) in [6, 6.07) is -0.479. The molecule has 0 atom stereocenters. The zero-order valence-electron chi connectivity index (χ0n) is 17.1. The van der Waals surface area contributed by atoms with Crippen LogP contribution in [0.15, 0.2) is 4.52 Å². The van der Waals surface area contributed by atoms with E-state index in [0.717, 1.165) is 37.0 Å². The number of rotatable bonds is 4. The van der Waals surface area contributed by atoms with Gasteiger partial charge in [-0.1, -0.05) is 31.3 Å². The van der Waals surface area contributed by atoms with Crippen LogP contribution in [0.25, 0.3) is 0 Å². The highest BCUT2D eigenvalue weighted by Gasteiger charge is 2.52. The third-order valence-corrected chi connectivity index (χ3v) is 6.72. The van der Waals surface area contributed by atoms with E-state index in [2.05, 4.69) is 27.7 Å². The number of carbonyl (C=O) groups is 3. The Morgan fingerprint density at radius 3 is 2.52 bits per heavy atom. The minimum atomic E-state index is -0.836. The molecule has 0 aromatic carbocycles. The van der Waals surface area contributed by atoms with Crippen molar-refractivity contribution in [2.24, 2.45) is 5.92 Å². The first kappa shape index (κ1) is 19.8. The molecule has 0 bridgehead atoms. The van der Waals surface area contributed by atoms with Crippen molar-refractivity contribution in [1.82, 2.24) is 25.7 Å². The van der Waals surface area contributed by atoms with E-state index >= 15 is 0 Å². The van der Waals surface area contributed by atoms with Gasteiger partial charge in [0.1, 0.15) is 17.6 Å². The summed E-state index contributed by atoms with van der Waals surface area (Å²) in [4.78, 5) is 43.8. The van der Waals surface area contributed by atoms with Crippen LogP contribution in [-0.2, 0) is 15.1 Å². The number of aryl methyl sites for hydroxylation is 1. The normalized spacial score (nSPS) is 29.2. The van der Waals surface area contributed by atoms with Crippen molar-refractivity contribution < 1.29 is 18.9 Å². The zero-order chi connectivity index (χ0) is 20.6. The first-order valence-corrected chi connectivity index (χ1v) is 10.6. The fourth-order valence-electron chi connectivity index (χ4n) is 4.92. The molecular weight excluding hydrogens is 374 g/mol. The second kappa shape index (κ2) is 7.42. The molecule has 158 valence electrons. The number of hydrogen-bond acceptors (Lipinski definition) is 6. The van der Waals surface area contributed by atoms with E-state index in [9.17, 15) is 14.4 Å². The summed E-state index contributed by atoms with van der Waals surface area (Å²) in [7, 11) is 0. The molecule has 2 aliphatic carbocycles. The quantitative estimate of drug-likeness (QED) is 0.744. The monoisotopic (exact) mass is 403 g/mol. The highest BCUT2D eigenvalue weighted by Crippen LogP contribution is 2.37. The highest BCUT2D eigenvalue weighted by molar-refractivity contribution is 6.09. The van der Waals surface area contributed by atoms with E-state index in [1.165, 1.54) is 0 Å². The van der Waals surface area contributed by atoms with Crippen LogP contribution >= 0.6 is 0 Å². The Hall–Kier alpha value is -2.45. The molecule has 9 heteroatoms. The summed E-state index contributed by atoms with van der Waals surface area (Å²) < 4.78 is 5.13. The maximum atomic E-state index is 13.0. The van der Waals surface area contributed by atoms with Gasteiger partial charge in [-0.25, -0.2) is 4.79 Å². The molecule has 1 aromatic rings. The first-order valence-electron chi connectivity index (χ1n) is 10.6. The molecule has 1 saturated heterocycles. The molecule has 2 saturated carbocycles. The van der Waals surface area contributed by atoms with Crippen LogP contribution in [0.4, 0.5) is 4.79 Å². The van der Waals surface area contributed by atoms with Crippen molar-refractivity contribution in [2.75, 3.05) is 6.54 Å². The van der Waals surface area contributed by atoms with Crippen LogP contribution in [0.3, 0.4) is 0 Å². The molecule has 0 unspecified atom stereocenters. The standard InChI is InChI=1S/C20H29N5O4/c1-13-6-10-20(11-7-13)17(27)25(18(28)23-20)12-15(26)22-19(8-4-3-5-9-19)16-21-14(2)29-24-16/h13H,3-12H2,1-2H3,(H,22,26)(H,23,28). The SMILES string of the molecule is Cc1nc(C2(NC(=O)CN3C(=O)NC4(CCC(C)CC4)C3=O)CCCCC2)no1. The lowest BCUT2D eigenvalue weighted by molar-refractivity contribution is -0.136. The predicted octanol–water partition coefficient (Wildman–Crippen LogP) is 2.15. The lowest BCUT2D eigenvalue weighted by atomic mass is 9.77. The Bertz CT molecular complexity index is 806. The molecule has 3 aliphatic rings. The maximum Gasteiger partial charge on any atom is 0.325 e. The number of nitrogens with zero attached hydrogens (tertiary/aromatic N) is 3. The van der Waals surface area contributed by atoms with Gasteiger partial charge >= 0.3 is 6.03 Å². The van der Waals surface area contributed by atoms with Crippen molar-refractivity contribution in [3.8, 4) is 0 Å². The molecule has 1 aromatic heterocycles. The summed E-state index contributed by atoms with van der Waals surface area (Å²) >= 11 is 0. The Morgan fingerprint density at radius 1 is 1.21 bits per heavy atom. The fourth-order valence-corrected chi connectivity index (χ4v) is 4.92. The number of aromatic nitrogens is 2. The van der Waals surface area contributed by atoms with Gasteiger partial charge in [-0.3, -0.25) is 14.5 Å². The van der Waals surface area contributed by atoms with E-state index in [1.54, 1.807) is 6.92 Å². The van der Waals surface area contributed by atoms with E-state index in [-0.39, 0.29) is 18.4 Å². The van der Waals surface area contributed by atoms with Gasteiger partial charge < -0.3 is 15.2 Å². The summed E-state index contributed by atoms with van der Waals surface area (Å²) in [5.74, 6) is 0.809. The van der Waals surface area contributed by atoms with E-state index in [1.807, 2.05) is 0 Å². The minimum absolute atomic E-state index is 0.280. The number of nitrogens with one attached hydrogen (secondary N) is 2. The molecule has 1 aliphatic heterocycles.